The second-order valence-corrected chi connectivity index (χ2v) is 8.28. The van der Waals surface area contributed by atoms with Crippen molar-refractivity contribution >= 4 is 10.2 Å². The highest BCUT2D eigenvalue weighted by molar-refractivity contribution is 7.87. The summed E-state index contributed by atoms with van der Waals surface area (Å²) in [6, 6.07) is 10.6. The van der Waals surface area contributed by atoms with Gasteiger partial charge >= 0.3 is 0 Å². The van der Waals surface area contributed by atoms with E-state index in [0.717, 1.165) is 51.7 Å². The zero-order valence-corrected chi connectivity index (χ0v) is 14.5. The number of hydrogen-bond donors (Lipinski definition) is 1. The molecule has 0 aromatic heterocycles. The van der Waals surface area contributed by atoms with Crippen LogP contribution in [0.1, 0.15) is 31.2 Å². The molecule has 0 unspecified atom stereocenters. The molecule has 1 aromatic rings. The van der Waals surface area contributed by atoms with Gasteiger partial charge in [-0.25, -0.2) is 0 Å². The number of hydrogen-bond acceptors (Lipinski definition) is 3. The number of rotatable bonds is 6. The van der Waals surface area contributed by atoms with Gasteiger partial charge < -0.3 is 4.90 Å². The molecule has 2 saturated heterocycles. The number of piperidine rings is 1. The number of likely N-dealkylation sites (tertiary alicyclic amines) is 1. The predicted molar refractivity (Wildman–Crippen MR) is 92.5 cm³/mol. The average molecular weight is 337 g/mol. The van der Waals surface area contributed by atoms with Crippen LogP contribution in [-0.2, 0) is 16.6 Å². The zero-order chi connectivity index (χ0) is 16.1. The maximum atomic E-state index is 12.3. The molecule has 0 saturated carbocycles. The van der Waals surface area contributed by atoms with Crippen LogP contribution in [-0.4, -0.2) is 56.4 Å². The van der Waals surface area contributed by atoms with Gasteiger partial charge in [-0.15, -0.1) is 0 Å². The molecular weight excluding hydrogens is 310 g/mol. The average Bonchev–Trinajstić information content (AvgIpc) is 3.10. The van der Waals surface area contributed by atoms with Crippen molar-refractivity contribution in [3.05, 3.63) is 35.9 Å². The first-order valence-electron chi connectivity index (χ1n) is 8.67. The molecule has 23 heavy (non-hydrogen) atoms. The minimum atomic E-state index is -3.27. The van der Waals surface area contributed by atoms with Crippen molar-refractivity contribution in [3.63, 3.8) is 0 Å². The number of nitrogens with one attached hydrogen (secondary N) is 1. The summed E-state index contributed by atoms with van der Waals surface area (Å²) in [6.45, 7) is 4.34. The molecule has 3 rings (SSSR count). The molecule has 0 aliphatic carbocycles. The van der Waals surface area contributed by atoms with Gasteiger partial charge in [-0.1, -0.05) is 30.3 Å². The van der Waals surface area contributed by atoms with Crippen LogP contribution in [0.15, 0.2) is 30.3 Å². The third-order valence-corrected chi connectivity index (χ3v) is 6.54. The highest BCUT2D eigenvalue weighted by Crippen LogP contribution is 2.16. The van der Waals surface area contributed by atoms with Gasteiger partial charge in [0.15, 0.2) is 0 Å². The molecule has 1 aromatic carbocycles. The Hall–Kier alpha value is -0.950. The van der Waals surface area contributed by atoms with E-state index in [1.807, 2.05) is 6.07 Å². The third-order valence-electron chi connectivity index (χ3n) is 4.87. The van der Waals surface area contributed by atoms with E-state index in [4.69, 9.17) is 0 Å². The summed E-state index contributed by atoms with van der Waals surface area (Å²) in [7, 11) is -3.27. The van der Waals surface area contributed by atoms with Crippen LogP contribution in [0.4, 0.5) is 0 Å². The molecule has 0 bridgehead atoms. The largest absolute Gasteiger partial charge is 0.303 e. The van der Waals surface area contributed by atoms with Crippen LogP contribution in [0, 0.1) is 0 Å². The van der Waals surface area contributed by atoms with Gasteiger partial charge in [-0.3, -0.25) is 0 Å². The molecule has 5 nitrogen and oxygen atoms in total. The maximum absolute atomic E-state index is 12.3. The lowest BCUT2D eigenvalue weighted by atomic mass is 10.1. The van der Waals surface area contributed by atoms with Gasteiger partial charge in [-0.2, -0.15) is 17.4 Å². The standard InChI is InChI=1S/C17H27N3O2S/c21-23(22,20-11-4-5-12-20)18-17-9-14-19(15-10-17)13-8-16-6-2-1-3-7-16/h1-3,6-7,17-18H,4-5,8-15H2. The lowest BCUT2D eigenvalue weighted by Gasteiger charge is -2.33. The SMILES string of the molecule is O=S(=O)(NC1CCN(CCc2ccccc2)CC1)N1CCCC1. The van der Waals surface area contributed by atoms with Gasteiger partial charge in [0.2, 0.25) is 0 Å². The van der Waals surface area contributed by atoms with Gasteiger partial charge in [0, 0.05) is 25.7 Å². The van der Waals surface area contributed by atoms with Gasteiger partial charge in [0.05, 0.1) is 0 Å². The number of benzene rings is 1. The van der Waals surface area contributed by atoms with Crippen LogP contribution in [0.25, 0.3) is 0 Å². The summed E-state index contributed by atoms with van der Waals surface area (Å²) in [6.07, 6.45) is 4.84. The van der Waals surface area contributed by atoms with Crippen molar-refractivity contribution in [2.45, 2.75) is 38.1 Å². The molecule has 128 valence electrons. The first-order valence-corrected chi connectivity index (χ1v) is 10.1. The first kappa shape index (κ1) is 16.9. The molecule has 0 amide bonds. The van der Waals surface area contributed by atoms with Crippen LogP contribution in [0.5, 0.6) is 0 Å². The minimum Gasteiger partial charge on any atom is -0.303 e. The molecule has 2 heterocycles. The van der Waals surface area contributed by atoms with Crippen LogP contribution in [0.3, 0.4) is 0 Å². The third kappa shape index (κ3) is 4.76. The summed E-state index contributed by atoms with van der Waals surface area (Å²) < 4.78 is 29.1. The van der Waals surface area contributed by atoms with E-state index in [1.165, 1.54) is 5.56 Å². The smallest absolute Gasteiger partial charge is 0.279 e. The van der Waals surface area contributed by atoms with E-state index in [9.17, 15) is 8.42 Å². The fraction of sp³-hybridized carbons (Fsp3) is 0.647. The Morgan fingerprint density at radius 2 is 1.65 bits per heavy atom. The van der Waals surface area contributed by atoms with Crippen molar-refractivity contribution in [1.29, 1.82) is 0 Å². The Labute approximate surface area is 139 Å². The van der Waals surface area contributed by atoms with Crippen molar-refractivity contribution in [3.8, 4) is 0 Å². The van der Waals surface area contributed by atoms with Crippen LogP contribution >= 0.6 is 0 Å². The lowest BCUT2D eigenvalue weighted by Crippen LogP contribution is -2.49. The van der Waals surface area contributed by atoms with E-state index >= 15 is 0 Å². The molecule has 2 aliphatic rings. The van der Waals surface area contributed by atoms with E-state index in [-0.39, 0.29) is 6.04 Å². The van der Waals surface area contributed by atoms with E-state index < -0.39 is 10.2 Å². The Morgan fingerprint density at radius 1 is 1.00 bits per heavy atom. The van der Waals surface area contributed by atoms with Crippen LogP contribution < -0.4 is 4.72 Å². The fourth-order valence-electron chi connectivity index (χ4n) is 3.42. The molecule has 0 atom stereocenters. The summed E-state index contributed by atoms with van der Waals surface area (Å²) in [4.78, 5) is 2.44. The fourth-order valence-corrected chi connectivity index (χ4v) is 4.96. The first-order chi connectivity index (χ1) is 11.1. The normalized spacial score (nSPS) is 21.7. The zero-order valence-electron chi connectivity index (χ0n) is 13.7. The van der Waals surface area contributed by atoms with Crippen LogP contribution in [0.2, 0.25) is 0 Å². The second kappa shape index (κ2) is 7.75. The Balaban J connectivity index is 1.41. The maximum Gasteiger partial charge on any atom is 0.279 e. The van der Waals surface area contributed by atoms with Crippen molar-refractivity contribution in [2.24, 2.45) is 0 Å². The van der Waals surface area contributed by atoms with Crippen molar-refractivity contribution in [1.82, 2.24) is 13.9 Å². The monoisotopic (exact) mass is 337 g/mol. The van der Waals surface area contributed by atoms with Gasteiger partial charge in [-0.05, 0) is 50.8 Å². The predicted octanol–water partition coefficient (Wildman–Crippen LogP) is 1.62. The summed E-state index contributed by atoms with van der Waals surface area (Å²) in [5.41, 5.74) is 1.37. The van der Waals surface area contributed by atoms with Gasteiger partial charge in [0.1, 0.15) is 0 Å². The molecule has 0 radical (unpaired) electrons. The highest BCUT2D eigenvalue weighted by Gasteiger charge is 2.29. The van der Waals surface area contributed by atoms with Gasteiger partial charge in [0.25, 0.3) is 10.2 Å². The molecule has 2 aliphatic heterocycles. The van der Waals surface area contributed by atoms with E-state index in [1.54, 1.807) is 4.31 Å². The second-order valence-electron chi connectivity index (χ2n) is 6.58. The topological polar surface area (TPSA) is 52.7 Å². The summed E-state index contributed by atoms with van der Waals surface area (Å²) in [5.74, 6) is 0. The van der Waals surface area contributed by atoms with Crippen molar-refractivity contribution in [2.75, 3.05) is 32.7 Å². The Bertz CT molecular complexity index is 577. The highest BCUT2D eigenvalue weighted by atomic mass is 32.2. The quantitative estimate of drug-likeness (QED) is 0.858. The molecule has 2 fully saturated rings. The van der Waals surface area contributed by atoms with E-state index in [0.29, 0.717) is 13.1 Å². The Kier molecular flexibility index (Phi) is 5.69. The summed E-state index contributed by atoms with van der Waals surface area (Å²) in [5, 5.41) is 0. The minimum absolute atomic E-state index is 0.0913. The Morgan fingerprint density at radius 3 is 2.30 bits per heavy atom. The molecular formula is C17H27N3O2S. The molecule has 6 heteroatoms. The lowest BCUT2D eigenvalue weighted by molar-refractivity contribution is 0.208. The molecule has 1 N–H and O–H groups in total. The van der Waals surface area contributed by atoms with E-state index in [2.05, 4.69) is 33.9 Å². The van der Waals surface area contributed by atoms with Crippen molar-refractivity contribution < 1.29 is 8.42 Å². The molecule has 0 spiro atoms. The summed E-state index contributed by atoms with van der Waals surface area (Å²) >= 11 is 0. The number of nitrogens with zero attached hydrogens (tertiary/aromatic N) is 2.